The Morgan fingerprint density at radius 3 is 2.32 bits per heavy atom. The first-order chi connectivity index (χ1) is 11.3. The summed E-state index contributed by atoms with van der Waals surface area (Å²) < 4.78 is 0. The molecule has 5 heteroatoms. The van der Waals surface area contributed by atoms with Crippen molar-refractivity contribution in [1.82, 2.24) is 9.80 Å². The molecule has 1 heterocycles. The third kappa shape index (κ3) is 6.02. The number of nitrogens with zero attached hydrogens (tertiary/aromatic N) is 2. The first-order valence-electron chi connectivity index (χ1n) is 8.13. The van der Waals surface area contributed by atoms with E-state index in [1.165, 1.54) is 11.1 Å². The SMILES string of the molecule is C=CCN1CCN(Cc2ccccc2)CC1c1ccc(Cl)cc1.Cl.Cl. The minimum Gasteiger partial charge on any atom is -0.296 e. The lowest BCUT2D eigenvalue weighted by Crippen LogP contribution is -2.47. The maximum absolute atomic E-state index is 6.04. The van der Waals surface area contributed by atoms with E-state index in [2.05, 4.69) is 58.8 Å². The van der Waals surface area contributed by atoms with Gasteiger partial charge in [-0.2, -0.15) is 0 Å². The number of rotatable bonds is 5. The molecule has 1 atom stereocenters. The van der Waals surface area contributed by atoms with E-state index < -0.39 is 0 Å². The Hall–Kier alpha value is -1.03. The average Bonchev–Trinajstić information content (AvgIpc) is 2.58. The third-order valence-electron chi connectivity index (χ3n) is 4.44. The molecule has 0 saturated carbocycles. The van der Waals surface area contributed by atoms with Crippen LogP contribution >= 0.6 is 36.4 Å². The summed E-state index contributed by atoms with van der Waals surface area (Å²) in [4.78, 5) is 5.03. The molecule has 25 heavy (non-hydrogen) atoms. The van der Waals surface area contributed by atoms with Crippen molar-refractivity contribution in [3.63, 3.8) is 0 Å². The van der Waals surface area contributed by atoms with Crippen molar-refractivity contribution in [2.24, 2.45) is 0 Å². The summed E-state index contributed by atoms with van der Waals surface area (Å²) in [6.45, 7) is 9.02. The number of hydrogen-bond donors (Lipinski definition) is 0. The summed E-state index contributed by atoms with van der Waals surface area (Å²) in [6.07, 6.45) is 2.00. The zero-order valence-corrected chi connectivity index (χ0v) is 16.6. The molecule has 2 aromatic carbocycles. The van der Waals surface area contributed by atoms with Gasteiger partial charge in [0.15, 0.2) is 0 Å². The van der Waals surface area contributed by atoms with Crippen LogP contribution in [0.4, 0.5) is 0 Å². The Bertz CT molecular complexity index is 631. The van der Waals surface area contributed by atoms with E-state index >= 15 is 0 Å². The minimum absolute atomic E-state index is 0. The maximum Gasteiger partial charge on any atom is 0.0479 e. The van der Waals surface area contributed by atoms with Crippen molar-refractivity contribution in [2.45, 2.75) is 12.6 Å². The van der Waals surface area contributed by atoms with Crippen LogP contribution in [-0.2, 0) is 6.54 Å². The molecule has 0 amide bonds. The quantitative estimate of drug-likeness (QED) is 0.635. The van der Waals surface area contributed by atoms with Gasteiger partial charge in [0.2, 0.25) is 0 Å². The molecule has 0 aliphatic carbocycles. The normalized spacial score (nSPS) is 18.0. The first-order valence-corrected chi connectivity index (χ1v) is 8.51. The van der Waals surface area contributed by atoms with Crippen LogP contribution in [0.5, 0.6) is 0 Å². The minimum atomic E-state index is 0. The van der Waals surface area contributed by atoms with Crippen LogP contribution in [0, 0.1) is 0 Å². The summed E-state index contributed by atoms with van der Waals surface area (Å²) in [5, 5.41) is 0.793. The summed E-state index contributed by atoms with van der Waals surface area (Å²) in [5.41, 5.74) is 2.70. The molecule has 136 valence electrons. The highest BCUT2D eigenvalue weighted by Crippen LogP contribution is 2.27. The summed E-state index contributed by atoms with van der Waals surface area (Å²) in [6, 6.07) is 19.4. The van der Waals surface area contributed by atoms with E-state index in [-0.39, 0.29) is 24.8 Å². The first kappa shape index (κ1) is 22.0. The zero-order valence-electron chi connectivity index (χ0n) is 14.2. The van der Waals surface area contributed by atoms with Crippen molar-refractivity contribution < 1.29 is 0 Å². The van der Waals surface area contributed by atoms with Crippen LogP contribution in [0.2, 0.25) is 5.02 Å². The molecular weight excluding hydrogens is 375 g/mol. The number of halogens is 3. The molecule has 0 bridgehead atoms. The molecule has 0 N–H and O–H groups in total. The van der Waals surface area contributed by atoms with Gasteiger partial charge < -0.3 is 0 Å². The second-order valence-corrected chi connectivity index (χ2v) is 6.51. The van der Waals surface area contributed by atoms with Gasteiger partial charge in [-0.3, -0.25) is 9.80 Å². The van der Waals surface area contributed by atoms with Gasteiger partial charge >= 0.3 is 0 Å². The van der Waals surface area contributed by atoms with Crippen molar-refractivity contribution in [3.8, 4) is 0 Å². The maximum atomic E-state index is 6.04. The fourth-order valence-electron chi connectivity index (χ4n) is 3.25. The van der Waals surface area contributed by atoms with Gasteiger partial charge in [0.25, 0.3) is 0 Å². The van der Waals surface area contributed by atoms with Gasteiger partial charge in [0, 0.05) is 43.8 Å². The van der Waals surface area contributed by atoms with Crippen LogP contribution in [0.3, 0.4) is 0 Å². The average molecular weight is 400 g/mol. The molecule has 0 spiro atoms. The van der Waals surface area contributed by atoms with Gasteiger partial charge in [-0.25, -0.2) is 0 Å². The van der Waals surface area contributed by atoms with Crippen LogP contribution < -0.4 is 0 Å². The second kappa shape index (κ2) is 10.8. The molecule has 1 fully saturated rings. The third-order valence-corrected chi connectivity index (χ3v) is 4.69. The summed E-state index contributed by atoms with van der Waals surface area (Å²) >= 11 is 6.04. The molecule has 2 aromatic rings. The lowest BCUT2D eigenvalue weighted by Gasteiger charge is -2.41. The molecule has 0 aromatic heterocycles. The monoisotopic (exact) mass is 398 g/mol. The smallest absolute Gasteiger partial charge is 0.0479 e. The van der Waals surface area contributed by atoms with Gasteiger partial charge in [0.05, 0.1) is 0 Å². The number of benzene rings is 2. The fourth-order valence-corrected chi connectivity index (χ4v) is 3.37. The van der Waals surface area contributed by atoms with Crippen LogP contribution in [0.1, 0.15) is 17.2 Å². The predicted octanol–water partition coefficient (Wildman–Crippen LogP) is 5.23. The second-order valence-electron chi connectivity index (χ2n) is 6.07. The Morgan fingerprint density at radius 2 is 1.68 bits per heavy atom. The van der Waals surface area contributed by atoms with Gasteiger partial charge in [0.1, 0.15) is 0 Å². The lowest BCUT2D eigenvalue weighted by atomic mass is 10.0. The van der Waals surface area contributed by atoms with E-state index in [9.17, 15) is 0 Å². The van der Waals surface area contributed by atoms with Crippen LogP contribution in [0.15, 0.2) is 67.3 Å². The van der Waals surface area contributed by atoms with E-state index in [1.54, 1.807) is 0 Å². The van der Waals surface area contributed by atoms with Crippen LogP contribution in [-0.4, -0.2) is 36.0 Å². The van der Waals surface area contributed by atoms with Crippen molar-refractivity contribution >= 4 is 36.4 Å². The molecule has 1 aliphatic rings. The highest BCUT2D eigenvalue weighted by Gasteiger charge is 2.27. The van der Waals surface area contributed by atoms with Crippen molar-refractivity contribution in [2.75, 3.05) is 26.2 Å². The molecule has 3 rings (SSSR count). The van der Waals surface area contributed by atoms with E-state index in [0.717, 1.165) is 37.7 Å². The van der Waals surface area contributed by atoms with Crippen LogP contribution in [0.25, 0.3) is 0 Å². The topological polar surface area (TPSA) is 6.48 Å². The van der Waals surface area contributed by atoms with Gasteiger partial charge in [-0.05, 0) is 23.3 Å². The molecule has 1 aliphatic heterocycles. The summed E-state index contributed by atoms with van der Waals surface area (Å²) in [7, 11) is 0. The van der Waals surface area contributed by atoms with Gasteiger partial charge in [-0.1, -0.05) is 60.1 Å². The predicted molar refractivity (Wildman–Crippen MR) is 112 cm³/mol. The Labute approximate surface area is 168 Å². The highest BCUT2D eigenvalue weighted by atomic mass is 35.5. The molecular formula is C20H25Cl3N2. The highest BCUT2D eigenvalue weighted by molar-refractivity contribution is 6.30. The molecule has 0 radical (unpaired) electrons. The molecule has 1 unspecified atom stereocenters. The Kier molecular flexibility index (Phi) is 9.55. The number of piperazine rings is 1. The van der Waals surface area contributed by atoms with Crippen molar-refractivity contribution in [3.05, 3.63) is 83.4 Å². The van der Waals surface area contributed by atoms with E-state index in [0.29, 0.717) is 6.04 Å². The Morgan fingerprint density at radius 1 is 1.00 bits per heavy atom. The summed E-state index contributed by atoms with van der Waals surface area (Å²) in [5.74, 6) is 0. The number of hydrogen-bond acceptors (Lipinski definition) is 2. The fraction of sp³-hybridized carbons (Fsp3) is 0.300. The zero-order chi connectivity index (χ0) is 16.1. The molecule has 1 saturated heterocycles. The van der Waals surface area contributed by atoms with E-state index in [1.807, 2.05) is 18.2 Å². The largest absolute Gasteiger partial charge is 0.296 e. The van der Waals surface area contributed by atoms with E-state index in [4.69, 9.17) is 11.6 Å². The molecule has 2 nitrogen and oxygen atoms in total. The standard InChI is InChI=1S/C20H23ClN2.2ClH/c1-2-12-23-14-13-22(15-17-6-4-3-5-7-17)16-20(23)18-8-10-19(21)11-9-18;;/h2-11,20H,1,12-16H2;2*1H. The van der Waals surface area contributed by atoms with Crippen molar-refractivity contribution in [1.29, 1.82) is 0 Å². The Balaban J connectivity index is 0.00000156. The lowest BCUT2D eigenvalue weighted by molar-refractivity contribution is 0.0789. The van der Waals surface area contributed by atoms with Gasteiger partial charge in [-0.15, -0.1) is 31.4 Å².